The summed E-state index contributed by atoms with van der Waals surface area (Å²) in [6.07, 6.45) is 5.14. The van der Waals surface area contributed by atoms with E-state index in [0.717, 1.165) is 12.8 Å². The van der Waals surface area contributed by atoms with Crippen LogP contribution in [0.1, 0.15) is 32.1 Å². The van der Waals surface area contributed by atoms with Gasteiger partial charge in [-0.25, -0.2) is 0 Å². The number of hydrogen-bond donors (Lipinski definition) is 1. The monoisotopic (exact) mass is 195 g/mol. The molecule has 1 fully saturated rings. The summed E-state index contributed by atoms with van der Waals surface area (Å²) >= 11 is 0. The van der Waals surface area contributed by atoms with Crippen molar-refractivity contribution in [3.05, 3.63) is 0 Å². The van der Waals surface area contributed by atoms with Gasteiger partial charge in [0.1, 0.15) is 0 Å². The minimum atomic E-state index is -0.286. The summed E-state index contributed by atoms with van der Waals surface area (Å²) < 4.78 is 0. The molecular formula is C10H17N3O. The van der Waals surface area contributed by atoms with Gasteiger partial charge in [-0.2, -0.15) is 5.26 Å². The highest BCUT2D eigenvalue weighted by molar-refractivity contribution is 5.73. The first-order valence-electron chi connectivity index (χ1n) is 5.13. The van der Waals surface area contributed by atoms with Crippen molar-refractivity contribution in [3.63, 3.8) is 0 Å². The molecule has 1 saturated carbocycles. The fraction of sp³-hybridized carbons (Fsp3) is 0.800. The first-order chi connectivity index (χ1) is 6.74. The summed E-state index contributed by atoms with van der Waals surface area (Å²) in [7, 11) is 0. The minimum Gasteiger partial charge on any atom is -0.370 e. The molecule has 0 aromatic heterocycles. The Labute approximate surface area is 84.7 Å². The average Bonchev–Trinajstić information content (AvgIpc) is 2.64. The summed E-state index contributed by atoms with van der Waals surface area (Å²) in [5.74, 6) is -0.286. The number of primary amides is 1. The summed E-state index contributed by atoms with van der Waals surface area (Å²) in [6, 6.07) is 2.64. The minimum absolute atomic E-state index is 0.286. The number of carbonyl (C=O) groups excluding carboxylic acids is 1. The van der Waals surface area contributed by atoms with Crippen LogP contribution in [0.25, 0.3) is 0 Å². The van der Waals surface area contributed by atoms with Gasteiger partial charge in [-0.3, -0.25) is 9.69 Å². The van der Waals surface area contributed by atoms with Crippen LogP contribution in [0.3, 0.4) is 0 Å². The van der Waals surface area contributed by atoms with Crippen LogP contribution in [0.4, 0.5) is 0 Å². The molecule has 0 bridgehead atoms. The molecule has 0 radical (unpaired) electrons. The Balaban J connectivity index is 2.37. The van der Waals surface area contributed by atoms with E-state index in [1.807, 2.05) is 0 Å². The molecule has 0 unspecified atom stereocenters. The van der Waals surface area contributed by atoms with Crippen LogP contribution >= 0.6 is 0 Å². The number of nitrogens with zero attached hydrogens (tertiary/aromatic N) is 2. The lowest BCUT2D eigenvalue weighted by Gasteiger charge is -2.25. The largest absolute Gasteiger partial charge is 0.370 e. The van der Waals surface area contributed by atoms with E-state index in [2.05, 4.69) is 11.0 Å². The molecule has 1 rings (SSSR count). The molecular weight excluding hydrogens is 178 g/mol. The van der Waals surface area contributed by atoms with Crippen molar-refractivity contribution >= 4 is 5.91 Å². The van der Waals surface area contributed by atoms with Crippen molar-refractivity contribution in [1.82, 2.24) is 4.90 Å². The van der Waals surface area contributed by atoms with Crippen molar-refractivity contribution < 1.29 is 4.79 Å². The van der Waals surface area contributed by atoms with E-state index in [9.17, 15) is 4.79 Å². The fourth-order valence-electron chi connectivity index (χ4n) is 2.00. The second-order valence-corrected chi connectivity index (χ2v) is 3.78. The van der Waals surface area contributed by atoms with Gasteiger partial charge >= 0.3 is 0 Å². The van der Waals surface area contributed by atoms with Gasteiger partial charge in [0, 0.05) is 19.0 Å². The van der Waals surface area contributed by atoms with E-state index in [-0.39, 0.29) is 5.91 Å². The summed E-state index contributed by atoms with van der Waals surface area (Å²) in [6.45, 7) is 1.05. The van der Waals surface area contributed by atoms with Gasteiger partial charge < -0.3 is 5.73 Å². The first kappa shape index (κ1) is 11.0. The van der Waals surface area contributed by atoms with Crippen LogP contribution in [-0.2, 0) is 4.79 Å². The SMILES string of the molecule is N#CCN(CCC(N)=O)C1CCCC1. The number of carbonyl (C=O) groups is 1. The van der Waals surface area contributed by atoms with Gasteiger partial charge in [0.05, 0.1) is 12.6 Å². The molecule has 78 valence electrons. The molecule has 2 N–H and O–H groups in total. The van der Waals surface area contributed by atoms with E-state index >= 15 is 0 Å². The molecule has 0 aliphatic heterocycles. The molecule has 0 atom stereocenters. The second-order valence-electron chi connectivity index (χ2n) is 3.78. The normalized spacial score (nSPS) is 17.1. The van der Waals surface area contributed by atoms with Crippen molar-refractivity contribution in [1.29, 1.82) is 5.26 Å². The Morgan fingerprint density at radius 2 is 2.14 bits per heavy atom. The van der Waals surface area contributed by atoms with Crippen molar-refractivity contribution in [3.8, 4) is 6.07 Å². The molecule has 0 heterocycles. The van der Waals surface area contributed by atoms with Gasteiger partial charge in [-0.15, -0.1) is 0 Å². The van der Waals surface area contributed by atoms with Gasteiger partial charge in [-0.05, 0) is 12.8 Å². The van der Waals surface area contributed by atoms with E-state index in [4.69, 9.17) is 11.0 Å². The highest BCUT2D eigenvalue weighted by Crippen LogP contribution is 2.23. The fourth-order valence-corrected chi connectivity index (χ4v) is 2.00. The maximum Gasteiger partial charge on any atom is 0.218 e. The lowest BCUT2D eigenvalue weighted by Crippen LogP contribution is -2.36. The van der Waals surface area contributed by atoms with Crippen molar-refractivity contribution in [2.75, 3.05) is 13.1 Å². The molecule has 4 heteroatoms. The van der Waals surface area contributed by atoms with Gasteiger partial charge in [0.15, 0.2) is 0 Å². The number of amides is 1. The van der Waals surface area contributed by atoms with Crippen LogP contribution in [0.5, 0.6) is 0 Å². The zero-order valence-corrected chi connectivity index (χ0v) is 8.41. The topological polar surface area (TPSA) is 70.1 Å². The van der Waals surface area contributed by atoms with Gasteiger partial charge in [-0.1, -0.05) is 12.8 Å². The third-order valence-electron chi connectivity index (χ3n) is 2.76. The molecule has 14 heavy (non-hydrogen) atoms. The predicted molar refractivity (Wildman–Crippen MR) is 53.3 cm³/mol. The maximum atomic E-state index is 10.6. The molecule has 1 aliphatic carbocycles. The quantitative estimate of drug-likeness (QED) is 0.654. The van der Waals surface area contributed by atoms with Crippen molar-refractivity contribution in [2.45, 2.75) is 38.1 Å². The zero-order chi connectivity index (χ0) is 10.4. The lowest BCUT2D eigenvalue weighted by molar-refractivity contribution is -0.118. The molecule has 4 nitrogen and oxygen atoms in total. The number of hydrogen-bond acceptors (Lipinski definition) is 3. The molecule has 0 spiro atoms. The smallest absolute Gasteiger partial charge is 0.218 e. The predicted octanol–water partition coefficient (Wildman–Crippen LogP) is 0.630. The van der Waals surface area contributed by atoms with Crippen LogP contribution in [0.15, 0.2) is 0 Å². The highest BCUT2D eigenvalue weighted by Gasteiger charge is 2.22. The lowest BCUT2D eigenvalue weighted by atomic mass is 10.2. The number of nitrogens with two attached hydrogens (primary N) is 1. The van der Waals surface area contributed by atoms with E-state index in [1.165, 1.54) is 12.8 Å². The van der Waals surface area contributed by atoms with E-state index in [0.29, 0.717) is 25.6 Å². The summed E-state index contributed by atoms with van der Waals surface area (Å²) in [5.41, 5.74) is 5.09. The first-order valence-corrected chi connectivity index (χ1v) is 5.13. The zero-order valence-electron chi connectivity index (χ0n) is 8.41. The van der Waals surface area contributed by atoms with Crippen LogP contribution in [0.2, 0.25) is 0 Å². The highest BCUT2D eigenvalue weighted by atomic mass is 16.1. The van der Waals surface area contributed by atoms with Gasteiger partial charge in [0.2, 0.25) is 5.91 Å². The Morgan fingerprint density at radius 3 is 2.64 bits per heavy atom. The number of nitriles is 1. The molecule has 0 aromatic carbocycles. The van der Waals surface area contributed by atoms with E-state index in [1.54, 1.807) is 0 Å². The van der Waals surface area contributed by atoms with Crippen molar-refractivity contribution in [2.24, 2.45) is 5.73 Å². The van der Waals surface area contributed by atoms with Gasteiger partial charge in [0.25, 0.3) is 0 Å². The molecule has 0 saturated heterocycles. The Morgan fingerprint density at radius 1 is 1.50 bits per heavy atom. The molecule has 1 amide bonds. The second kappa shape index (κ2) is 5.61. The Bertz CT molecular complexity index is 228. The van der Waals surface area contributed by atoms with E-state index < -0.39 is 0 Å². The summed E-state index contributed by atoms with van der Waals surface area (Å²) in [4.78, 5) is 12.7. The Hall–Kier alpha value is -1.08. The third-order valence-corrected chi connectivity index (χ3v) is 2.76. The molecule has 0 aromatic rings. The molecule has 1 aliphatic rings. The third kappa shape index (κ3) is 3.35. The van der Waals surface area contributed by atoms with Crippen LogP contribution in [-0.4, -0.2) is 29.9 Å². The van der Waals surface area contributed by atoms with Crippen LogP contribution in [0, 0.1) is 11.3 Å². The standard InChI is InChI=1S/C10H17N3O/c11-6-8-13(7-5-10(12)14)9-3-1-2-4-9/h9H,1-5,7-8H2,(H2,12,14). The Kier molecular flexibility index (Phi) is 4.41. The van der Waals surface area contributed by atoms with Crippen LogP contribution < -0.4 is 5.73 Å². The summed E-state index contributed by atoms with van der Waals surface area (Å²) in [5, 5.41) is 8.65. The average molecular weight is 195 g/mol. The number of rotatable bonds is 5. The maximum absolute atomic E-state index is 10.6.